The maximum atomic E-state index is 11.5. The smallest absolute Gasteiger partial charge is 0.314 e. The number of carbonyl (C=O) groups is 2. The second kappa shape index (κ2) is 10.4. The van der Waals surface area contributed by atoms with Gasteiger partial charge in [0.05, 0.1) is 18.6 Å². The van der Waals surface area contributed by atoms with Crippen LogP contribution in [0.15, 0.2) is 0 Å². The fraction of sp³-hybridized carbons (Fsp3) is 0.867. The van der Waals surface area contributed by atoms with E-state index in [-0.39, 0.29) is 11.9 Å². The normalized spacial score (nSPS) is 17.2. The van der Waals surface area contributed by atoms with Crippen molar-refractivity contribution < 1.29 is 19.4 Å². The molecule has 1 aliphatic rings. The first-order valence-corrected chi connectivity index (χ1v) is 7.95. The van der Waals surface area contributed by atoms with Crippen LogP contribution < -0.4 is 10.6 Å². The Balaban J connectivity index is 1.92. The summed E-state index contributed by atoms with van der Waals surface area (Å²) in [7, 11) is 0. The van der Waals surface area contributed by atoms with Crippen LogP contribution in [0.3, 0.4) is 0 Å². The second-order valence-corrected chi connectivity index (χ2v) is 5.70. The number of rotatable bonds is 9. The predicted molar refractivity (Wildman–Crippen MR) is 80.3 cm³/mol. The zero-order chi connectivity index (χ0) is 15.5. The Kier molecular flexibility index (Phi) is 8.82. The Morgan fingerprint density at radius 1 is 1.19 bits per heavy atom. The number of ether oxygens (including phenoxy) is 1. The number of hydrogen-bond acceptors (Lipinski definition) is 3. The fourth-order valence-electron chi connectivity index (χ4n) is 2.42. The van der Waals surface area contributed by atoms with Crippen molar-refractivity contribution in [3.05, 3.63) is 0 Å². The Morgan fingerprint density at radius 2 is 1.86 bits per heavy atom. The van der Waals surface area contributed by atoms with Crippen LogP contribution in [-0.2, 0) is 9.53 Å². The Morgan fingerprint density at radius 3 is 2.52 bits per heavy atom. The van der Waals surface area contributed by atoms with Gasteiger partial charge in [-0.25, -0.2) is 4.79 Å². The van der Waals surface area contributed by atoms with E-state index < -0.39 is 5.97 Å². The predicted octanol–water partition coefficient (Wildman–Crippen LogP) is 2.14. The van der Waals surface area contributed by atoms with Gasteiger partial charge in [0, 0.05) is 13.1 Å². The van der Waals surface area contributed by atoms with E-state index in [9.17, 15) is 9.59 Å². The van der Waals surface area contributed by atoms with Gasteiger partial charge >= 0.3 is 12.0 Å². The lowest BCUT2D eigenvalue weighted by atomic mass is 9.98. The second-order valence-electron chi connectivity index (χ2n) is 5.70. The van der Waals surface area contributed by atoms with E-state index >= 15 is 0 Å². The van der Waals surface area contributed by atoms with Crippen LogP contribution in [0, 0.1) is 5.92 Å². The minimum absolute atomic E-state index is 0.217. The summed E-state index contributed by atoms with van der Waals surface area (Å²) in [6.07, 6.45) is 7.66. The van der Waals surface area contributed by atoms with E-state index in [0.29, 0.717) is 38.6 Å². The van der Waals surface area contributed by atoms with Gasteiger partial charge in [-0.15, -0.1) is 0 Å². The van der Waals surface area contributed by atoms with Crippen LogP contribution in [0.5, 0.6) is 0 Å². The van der Waals surface area contributed by atoms with Crippen molar-refractivity contribution in [1.82, 2.24) is 10.6 Å². The van der Waals surface area contributed by atoms with Crippen LogP contribution in [0.2, 0.25) is 0 Å². The van der Waals surface area contributed by atoms with Crippen LogP contribution in [-0.4, -0.2) is 42.9 Å². The first-order valence-electron chi connectivity index (χ1n) is 7.95. The zero-order valence-electron chi connectivity index (χ0n) is 12.9. The number of urea groups is 1. The first-order chi connectivity index (χ1) is 10.1. The van der Waals surface area contributed by atoms with Crippen molar-refractivity contribution in [2.24, 2.45) is 5.92 Å². The molecule has 21 heavy (non-hydrogen) atoms. The van der Waals surface area contributed by atoms with Crippen LogP contribution >= 0.6 is 0 Å². The summed E-state index contributed by atoms with van der Waals surface area (Å²) in [6, 6.07) is -0.217. The minimum Gasteiger partial charge on any atom is -0.481 e. The van der Waals surface area contributed by atoms with E-state index in [1.54, 1.807) is 6.92 Å². The summed E-state index contributed by atoms with van der Waals surface area (Å²) in [5.74, 6) is -1.15. The molecule has 1 aliphatic carbocycles. The third kappa shape index (κ3) is 8.55. The van der Waals surface area contributed by atoms with Crippen molar-refractivity contribution in [1.29, 1.82) is 0 Å². The average molecular weight is 300 g/mol. The topological polar surface area (TPSA) is 87.7 Å². The van der Waals surface area contributed by atoms with E-state index in [1.807, 2.05) is 0 Å². The van der Waals surface area contributed by atoms with Gasteiger partial charge in [-0.3, -0.25) is 4.79 Å². The van der Waals surface area contributed by atoms with E-state index in [4.69, 9.17) is 9.84 Å². The molecule has 1 fully saturated rings. The molecule has 0 aliphatic heterocycles. The van der Waals surface area contributed by atoms with E-state index in [1.165, 1.54) is 19.3 Å². The minimum atomic E-state index is -0.792. The van der Waals surface area contributed by atoms with Crippen molar-refractivity contribution in [3.8, 4) is 0 Å². The Bertz CT molecular complexity index is 317. The molecule has 1 saturated carbocycles. The molecule has 0 spiro atoms. The summed E-state index contributed by atoms with van der Waals surface area (Å²) in [5.41, 5.74) is 0. The highest BCUT2D eigenvalue weighted by atomic mass is 16.5. The summed E-state index contributed by atoms with van der Waals surface area (Å²) < 4.78 is 5.71. The molecule has 122 valence electrons. The van der Waals surface area contributed by atoms with Crippen molar-refractivity contribution >= 4 is 12.0 Å². The molecule has 0 heterocycles. The SMILES string of the molecule is CC(CCCNC(=O)NCCOC1CCCCC1)C(=O)O. The lowest BCUT2D eigenvalue weighted by Gasteiger charge is -2.22. The number of hydrogen-bond donors (Lipinski definition) is 3. The first kappa shape index (κ1) is 17.8. The molecule has 1 unspecified atom stereocenters. The third-order valence-corrected chi connectivity index (χ3v) is 3.81. The van der Waals surface area contributed by atoms with Gasteiger partial charge in [0.2, 0.25) is 0 Å². The van der Waals surface area contributed by atoms with Gasteiger partial charge in [-0.1, -0.05) is 26.2 Å². The molecule has 3 N–H and O–H groups in total. The largest absolute Gasteiger partial charge is 0.481 e. The summed E-state index contributed by atoms with van der Waals surface area (Å²) >= 11 is 0. The summed E-state index contributed by atoms with van der Waals surface area (Å²) in [5, 5.41) is 14.2. The molecule has 6 heteroatoms. The van der Waals surface area contributed by atoms with Gasteiger partial charge < -0.3 is 20.5 Å². The number of amides is 2. The van der Waals surface area contributed by atoms with Crippen LogP contribution in [0.1, 0.15) is 51.9 Å². The molecule has 1 rings (SSSR count). The molecule has 0 radical (unpaired) electrons. The lowest BCUT2D eigenvalue weighted by Crippen LogP contribution is -2.38. The van der Waals surface area contributed by atoms with Gasteiger partial charge in [-0.05, 0) is 25.7 Å². The molecule has 0 aromatic heterocycles. The van der Waals surface area contributed by atoms with Gasteiger partial charge in [0.1, 0.15) is 0 Å². The number of carbonyl (C=O) groups excluding carboxylic acids is 1. The highest BCUT2D eigenvalue weighted by molar-refractivity contribution is 5.73. The maximum absolute atomic E-state index is 11.5. The third-order valence-electron chi connectivity index (χ3n) is 3.81. The van der Waals surface area contributed by atoms with Crippen LogP contribution in [0.25, 0.3) is 0 Å². The number of aliphatic carboxylic acids is 1. The van der Waals surface area contributed by atoms with Gasteiger partial charge in [0.15, 0.2) is 0 Å². The molecule has 0 bridgehead atoms. The van der Waals surface area contributed by atoms with Crippen molar-refractivity contribution in [2.75, 3.05) is 19.7 Å². The van der Waals surface area contributed by atoms with Gasteiger partial charge in [0.25, 0.3) is 0 Å². The van der Waals surface area contributed by atoms with Crippen molar-refractivity contribution in [2.45, 2.75) is 58.0 Å². The number of carboxylic acids is 1. The average Bonchev–Trinajstić information content (AvgIpc) is 2.49. The van der Waals surface area contributed by atoms with E-state index in [0.717, 1.165) is 12.8 Å². The van der Waals surface area contributed by atoms with Crippen molar-refractivity contribution in [3.63, 3.8) is 0 Å². The summed E-state index contributed by atoms with van der Waals surface area (Å²) in [4.78, 5) is 22.1. The highest BCUT2D eigenvalue weighted by Gasteiger charge is 2.13. The molecule has 0 aromatic rings. The number of carboxylic acid groups (broad SMARTS) is 1. The Hall–Kier alpha value is -1.30. The van der Waals surface area contributed by atoms with E-state index in [2.05, 4.69) is 10.6 Å². The molecular formula is C15H28N2O4. The number of nitrogens with one attached hydrogen (secondary N) is 2. The monoisotopic (exact) mass is 300 g/mol. The van der Waals surface area contributed by atoms with Gasteiger partial charge in [-0.2, -0.15) is 0 Å². The molecule has 1 atom stereocenters. The molecule has 6 nitrogen and oxygen atoms in total. The Labute approximate surface area is 126 Å². The standard InChI is InChI=1S/C15H28N2O4/c1-12(14(18)19)6-5-9-16-15(20)17-10-11-21-13-7-3-2-4-8-13/h12-13H,2-11H2,1H3,(H,18,19)(H2,16,17,20). The maximum Gasteiger partial charge on any atom is 0.314 e. The highest BCUT2D eigenvalue weighted by Crippen LogP contribution is 2.19. The molecular weight excluding hydrogens is 272 g/mol. The van der Waals surface area contributed by atoms with Crippen LogP contribution in [0.4, 0.5) is 4.79 Å². The molecule has 0 aromatic carbocycles. The lowest BCUT2D eigenvalue weighted by molar-refractivity contribution is -0.141. The molecule has 2 amide bonds. The summed E-state index contributed by atoms with van der Waals surface area (Å²) in [6.45, 7) is 3.22. The quantitative estimate of drug-likeness (QED) is 0.569. The molecule has 0 saturated heterocycles. The zero-order valence-corrected chi connectivity index (χ0v) is 12.9. The fourth-order valence-corrected chi connectivity index (χ4v) is 2.42.